The Balaban J connectivity index is 2.10. The Kier molecular flexibility index (Phi) is 6.07. The van der Waals surface area contributed by atoms with Gasteiger partial charge in [0.15, 0.2) is 23.0 Å². The zero-order valence-electron chi connectivity index (χ0n) is 17.2. The molecule has 0 saturated carbocycles. The van der Waals surface area contributed by atoms with E-state index in [9.17, 15) is 9.67 Å². The van der Waals surface area contributed by atoms with Gasteiger partial charge in [0.05, 0.1) is 19.0 Å². The molecule has 0 aromatic carbocycles. The van der Waals surface area contributed by atoms with Crippen molar-refractivity contribution in [3.8, 4) is 5.88 Å². The fourth-order valence-corrected chi connectivity index (χ4v) is 4.69. The number of ether oxygens (including phenoxy) is 2. The molecule has 2 aromatic heterocycles. The number of phosphoric acid groups is 1. The summed E-state index contributed by atoms with van der Waals surface area (Å²) in [7, 11) is -3.14. The van der Waals surface area contributed by atoms with Crippen molar-refractivity contribution in [3.63, 3.8) is 0 Å². The smallest absolute Gasteiger partial charge is 0.475 e. The van der Waals surface area contributed by atoms with Gasteiger partial charge in [-0.3, -0.25) is 18.1 Å². The molecule has 0 radical (unpaired) electrons. The molecule has 0 unspecified atom stereocenters. The molecule has 14 heteroatoms. The van der Waals surface area contributed by atoms with Gasteiger partial charge in [0.1, 0.15) is 6.61 Å². The molecule has 168 valence electrons. The predicted octanol–water partition coefficient (Wildman–Crippen LogP) is 1.73. The van der Waals surface area contributed by atoms with E-state index in [-0.39, 0.29) is 29.6 Å². The lowest BCUT2D eigenvalue weighted by atomic mass is 10.0. The molecule has 0 spiro atoms. The molecule has 3 heterocycles. The molecule has 0 aliphatic carbocycles. The third kappa shape index (κ3) is 4.01. The summed E-state index contributed by atoms with van der Waals surface area (Å²) < 4.78 is 55.3. The maximum absolute atomic E-state index is 15.5. The van der Waals surface area contributed by atoms with Crippen molar-refractivity contribution in [1.82, 2.24) is 19.5 Å². The molecular formula is C16H25FN5O7P. The molecule has 4 atom stereocenters. The van der Waals surface area contributed by atoms with E-state index < -0.39 is 38.2 Å². The largest absolute Gasteiger partial charge is 0.476 e. The fraction of sp³-hybridized carbons (Fsp3) is 0.688. The highest BCUT2D eigenvalue weighted by Gasteiger charge is 2.60. The van der Waals surface area contributed by atoms with Crippen molar-refractivity contribution in [1.29, 1.82) is 0 Å². The molecule has 3 N–H and O–H groups in total. The standard InChI is InChI=1S/C16H25FN5O7P/c1-6-26-12-10-11(20-14(18)21-12)22(8-19-10)15(4,23)13-16(17,25-5)7-27-30(24,29-13)28-9(2)3/h8-9,13,23H,6-7H2,1-5H3,(H2,18,20,21)/t13-,15+,16+,30-/m0/s1. The number of hydrogen-bond acceptors (Lipinski definition) is 11. The molecular weight excluding hydrogens is 424 g/mol. The zero-order valence-corrected chi connectivity index (χ0v) is 18.1. The van der Waals surface area contributed by atoms with Gasteiger partial charge >= 0.3 is 7.82 Å². The minimum atomic E-state index is -4.20. The molecule has 1 saturated heterocycles. The van der Waals surface area contributed by atoms with E-state index in [1.54, 1.807) is 20.8 Å². The van der Waals surface area contributed by atoms with Crippen LogP contribution in [0.5, 0.6) is 5.88 Å². The first kappa shape index (κ1) is 22.8. The number of hydrogen-bond donors (Lipinski definition) is 2. The Bertz CT molecular complexity index is 971. The molecule has 1 fully saturated rings. The number of nitrogens with two attached hydrogens (primary N) is 1. The van der Waals surface area contributed by atoms with Gasteiger partial charge in [-0.1, -0.05) is 0 Å². The van der Waals surface area contributed by atoms with Crippen LogP contribution in [0.15, 0.2) is 6.33 Å². The lowest BCUT2D eigenvalue weighted by Crippen LogP contribution is -2.59. The number of phosphoric ester groups is 1. The van der Waals surface area contributed by atoms with Crippen LogP contribution in [0.4, 0.5) is 10.3 Å². The van der Waals surface area contributed by atoms with Crippen LogP contribution >= 0.6 is 7.82 Å². The highest BCUT2D eigenvalue weighted by atomic mass is 31.2. The molecule has 3 rings (SSSR count). The lowest BCUT2D eigenvalue weighted by Gasteiger charge is -2.45. The van der Waals surface area contributed by atoms with Crippen LogP contribution in [0.1, 0.15) is 27.7 Å². The van der Waals surface area contributed by atoms with Gasteiger partial charge in [0, 0.05) is 7.11 Å². The van der Waals surface area contributed by atoms with Crippen molar-refractivity contribution in [2.75, 3.05) is 26.1 Å². The normalized spacial score (nSPS) is 29.3. The molecule has 2 aromatic rings. The number of aromatic nitrogens is 4. The lowest BCUT2D eigenvalue weighted by molar-refractivity contribution is -0.285. The maximum atomic E-state index is 15.5. The monoisotopic (exact) mass is 449 g/mol. The Labute approximate surface area is 172 Å². The van der Waals surface area contributed by atoms with Crippen LogP contribution in [0.3, 0.4) is 0 Å². The molecule has 12 nitrogen and oxygen atoms in total. The second-order valence-electron chi connectivity index (χ2n) is 7.05. The van der Waals surface area contributed by atoms with Crippen molar-refractivity contribution in [2.24, 2.45) is 0 Å². The summed E-state index contributed by atoms with van der Waals surface area (Å²) in [6.45, 7) is 5.65. The molecule has 1 aliphatic rings. The molecule has 0 amide bonds. The number of rotatable bonds is 7. The van der Waals surface area contributed by atoms with E-state index in [0.29, 0.717) is 0 Å². The fourth-order valence-electron chi connectivity index (χ4n) is 3.05. The Hall–Kier alpha value is -1.89. The number of anilines is 1. The van der Waals surface area contributed by atoms with Crippen LogP contribution in [0, 0.1) is 0 Å². The van der Waals surface area contributed by atoms with Crippen LogP contribution in [-0.4, -0.2) is 63.0 Å². The van der Waals surface area contributed by atoms with Gasteiger partial charge in [-0.05, 0) is 27.7 Å². The number of imidazole rings is 1. The summed E-state index contributed by atoms with van der Waals surface area (Å²) in [5, 5.41) is 11.3. The summed E-state index contributed by atoms with van der Waals surface area (Å²) in [6, 6.07) is 0. The second kappa shape index (κ2) is 7.98. The number of alkyl halides is 1. The number of methoxy groups -OCH3 is 1. The summed E-state index contributed by atoms with van der Waals surface area (Å²) in [5.74, 6) is -2.73. The number of nitrogen functional groups attached to an aromatic ring is 1. The first-order valence-corrected chi connectivity index (χ1v) is 10.6. The van der Waals surface area contributed by atoms with Crippen molar-refractivity contribution < 1.29 is 37.1 Å². The van der Waals surface area contributed by atoms with Gasteiger partial charge in [-0.2, -0.15) is 9.97 Å². The first-order chi connectivity index (χ1) is 14.0. The number of halogens is 1. The Morgan fingerprint density at radius 3 is 2.83 bits per heavy atom. The van der Waals surface area contributed by atoms with E-state index in [2.05, 4.69) is 15.0 Å². The van der Waals surface area contributed by atoms with Crippen molar-refractivity contribution in [3.05, 3.63) is 6.33 Å². The van der Waals surface area contributed by atoms with Crippen LogP contribution < -0.4 is 10.5 Å². The van der Waals surface area contributed by atoms with E-state index in [0.717, 1.165) is 11.7 Å². The highest BCUT2D eigenvalue weighted by Crippen LogP contribution is 2.59. The summed E-state index contributed by atoms with van der Waals surface area (Å²) in [5.41, 5.74) is 3.75. The second-order valence-corrected chi connectivity index (χ2v) is 8.63. The average molecular weight is 449 g/mol. The molecule has 30 heavy (non-hydrogen) atoms. The quantitative estimate of drug-likeness (QED) is 0.594. The van der Waals surface area contributed by atoms with Gasteiger partial charge < -0.3 is 20.3 Å². The minimum Gasteiger partial charge on any atom is -0.476 e. The summed E-state index contributed by atoms with van der Waals surface area (Å²) >= 11 is 0. The van der Waals surface area contributed by atoms with Crippen LogP contribution in [0.25, 0.3) is 11.2 Å². The number of aliphatic hydroxyl groups is 1. The average Bonchev–Trinajstić information content (AvgIpc) is 3.08. The van der Waals surface area contributed by atoms with Gasteiger partial charge in [0.25, 0.3) is 5.85 Å². The molecule has 1 aliphatic heterocycles. The van der Waals surface area contributed by atoms with Crippen LogP contribution in [0.2, 0.25) is 0 Å². The zero-order chi connectivity index (χ0) is 22.3. The summed E-state index contributed by atoms with van der Waals surface area (Å²) in [6.07, 6.45) is -1.21. The SMILES string of the molecule is CCOc1nc(N)nc2c1ncn2[C@](C)(O)[C@@H]1O[P@](=O)(OC(C)C)OC[C@@]1(F)OC. The number of fused-ring (bicyclic) bond motifs is 1. The Morgan fingerprint density at radius 1 is 1.53 bits per heavy atom. The van der Waals surface area contributed by atoms with Gasteiger partial charge in [-0.25, -0.2) is 13.9 Å². The Morgan fingerprint density at radius 2 is 2.23 bits per heavy atom. The topological polar surface area (TPSA) is 153 Å². The third-order valence-corrected chi connectivity index (χ3v) is 5.97. The first-order valence-electron chi connectivity index (χ1n) is 9.17. The minimum absolute atomic E-state index is 0.0455. The van der Waals surface area contributed by atoms with Crippen molar-refractivity contribution >= 4 is 24.9 Å². The third-order valence-electron chi connectivity index (χ3n) is 4.37. The van der Waals surface area contributed by atoms with Gasteiger partial charge in [0.2, 0.25) is 11.8 Å². The van der Waals surface area contributed by atoms with E-state index >= 15 is 4.39 Å². The molecule has 0 bridgehead atoms. The van der Waals surface area contributed by atoms with Gasteiger partial charge in [-0.15, -0.1) is 0 Å². The maximum Gasteiger partial charge on any atom is 0.475 e. The highest BCUT2D eigenvalue weighted by molar-refractivity contribution is 7.48. The van der Waals surface area contributed by atoms with Crippen molar-refractivity contribution in [2.45, 2.75) is 51.5 Å². The summed E-state index contributed by atoms with van der Waals surface area (Å²) in [4.78, 5) is 12.2. The van der Waals surface area contributed by atoms with E-state index in [4.69, 9.17) is 28.8 Å². The van der Waals surface area contributed by atoms with Crippen LogP contribution in [-0.2, 0) is 28.6 Å². The van der Waals surface area contributed by atoms with E-state index in [1.807, 2.05) is 0 Å². The van der Waals surface area contributed by atoms with E-state index in [1.165, 1.54) is 13.3 Å². The predicted molar refractivity (Wildman–Crippen MR) is 102 cm³/mol. The number of nitrogens with zero attached hydrogens (tertiary/aromatic N) is 4.